The molecule has 1 heterocycles. The van der Waals surface area contributed by atoms with Crippen molar-refractivity contribution in [3.05, 3.63) is 62.6 Å². The number of nitrogens with zero attached hydrogens (tertiary/aromatic N) is 3. The molecule has 1 N–H and O–H groups in total. The third kappa shape index (κ3) is 4.92. The Bertz CT molecular complexity index is 991. The molecule has 0 unspecified atom stereocenters. The Kier molecular flexibility index (Phi) is 5.87. The second-order valence-corrected chi connectivity index (χ2v) is 7.26. The Morgan fingerprint density at radius 3 is 2.67 bits per heavy atom. The first-order chi connectivity index (χ1) is 12.9. The molecule has 0 atom stereocenters. The van der Waals surface area contributed by atoms with Crippen molar-refractivity contribution in [1.82, 2.24) is 10.2 Å². The van der Waals surface area contributed by atoms with E-state index in [1.165, 1.54) is 24.3 Å². The van der Waals surface area contributed by atoms with Gasteiger partial charge in [-0.1, -0.05) is 27.7 Å². The quantitative estimate of drug-likeness (QED) is 0.336. The lowest BCUT2D eigenvalue weighted by molar-refractivity contribution is -0.384. The van der Waals surface area contributed by atoms with Gasteiger partial charge in [-0.2, -0.15) is 0 Å². The zero-order valence-corrected chi connectivity index (χ0v) is 16.4. The van der Waals surface area contributed by atoms with Crippen LogP contribution in [0.1, 0.15) is 5.56 Å². The smallest absolute Gasteiger partial charge is 0.277 e. The minimum absolute atomic E-state index is 0.0206. The van der Waals surface area contributed by atoms with Crippen molar-refractivity contribution in [2.24, 2.45) is 0 Å². The number of nitro benzene ring substituents is 1. The monoisotopic (exact) mass is 448 g/mol. The fourth-order valence-corrected chi connectivity index (χ4v) is 2.97. The molecule has 0 saturated heterocycles. The molecular weight excluding hydrogens is 436 g/mol. The summed E-state index contributed by atoms with van der Waals surface area (Å²) in [4.78, 5) is 22.3. The molecule has 1 aromatic heterocycles. The van der Waals surface area contributed by atoms with Gasteiger partial charge in [-0.25, -0.2) is 0 Å². The minimum Gasteiger partial charge on any atom is -0.411 e. The molecule has 0 bridgehead atoms. The zero-order valence-electron chi connectivity index (χ0n) is 14.0. The van der Waals surface area contributed by atoms with Crippen molar-refractivity contribution in [2.75, 3.05) is 11.1 Å². The van der Waals surface area contributed by atoms with Gasteiger partial charge in [0.2, 0.25) is 11.8 Å². The van der Waals surface area contributed by atoms with Crippen LogP contribution in [0.25, 0.3) is 11.5 Å². The van der Waals surface area contributed by atoms with Gasteiger partial charge in [0, 0.05) is 27.9 Å². The molecule has 10 heteroatoms. The van der Waals surface area contributed by atoms with E-state index in [1.807, 2.05) is 19.1 Å². The number of nitro groups is 1. The number of nitrogens with one attached hydrogen (secondary N) is 1. The number of rotatable bonds is 6. The van der Waals surface area contributed by atoms with E-state index in [-0.39, 0.29) is 28.5 Å². The molecule has 0 radical (unpaired) electrons. The van der Waals surface area contributed by atoms with Crippen LogP contribution in [-0.2, 0) is 4.79 Å². The van der Waals surface area contributed by atoms with Gasteiger partial charge in [-0.3, -0.25) is 14.9 Å². The van der Waals surface area contributed by atoms with Crippen molar-refractivity contribution in [3.8, 4) is 11.5 Å². The molecule has 27 heavy (non-hydrogen) atoms. The predicted octanol–water partition coefficient (Wildman–Crippen LogP) is 4.45. The maximum atomic E-state index is 12.1. The molecule has 3 rings (SSSR count). The fourth-order valence-electron chi connectivity index (χ4n) is 2.16. The van der Waals surface area contributed by atoms with Gasteiger partial charge in [-0.05, 0) is 42.8 Å². The summed E-state index contributed by atoms with van der Waals surface area (Å²) in [7, 11) is 0. The van der Waals surface area contributed by atoms with Gasteiger partial charge in [-0.15, -0.1) is 10.2 Å². The van der Waals surface area contributed by atoms with E-state index in [0.29, 0.717) is 11.3 Å². The van der Waals surface area contributed by atoms with Crippen molar-refractivity contribution >= 4 is 45.0 Å². The number of aryl methyl sites for hydroxylation is 1. The summed E-state index contributed by atoms with van der Waals surface area (Å²) in [6, 6.07) is 11.3. The van der Waals surface area contributed by atoms with E-state index in [2.05, 4.69) is 31.4 Å². The summed E-state index contributed by atoms with van der Waals surface area (Å²) in [5.74, 6) is 0.143. The zero-order chi connectivity index (χ0) is 19.4. The molecule has 0 saturated carbocycles. The minimum atomic E-state index is -0.482. The summed E-state index contributed by atoms with van der Waals surface area (Å²) >= 11 is 4.52. The SMILES string of the molecule is Cc1cc(NC(=O)CSc2nnc(-c3ccc([N+](=O)[O-])cc3)o2)ccc1Br. The van der Waals surface area contributed by atoms with Gasteiger partial charge < -0.3 is 9.73 Å². The van der Waals surface area contributed by atoms with E-state index in [9.17, 15) is 14.9 Å². The van der Waals surface area contributed by atoms with Gasteiger partial charge in [0.25, 0.3) is 10.9 Å². The normalized spacial score (nSPS) is 10.6. The van der Waals surface area contributed by atoms with Gasteiger partial charge in [0.05, 0.1) is 10.7 Å². The van der Waals surface area contributed by atoms with Gasteiger partial charge in [0.1, 0.15) is 0 Å². The highest BCUT2D eigenvalue weighted by Gasteiger charge is 2.13. The van der Waals surface area contributed by atoms with E-state index < -0.39 is 4.92 Å². The lowest BCUT2D eigenvalue weighted by Crippen LogP contribution is -2.14. The first-order valence-corrected chi connectivity index (χ1v) is 9.47. The molecule has 138 valence electrons. The van der Waals surface area contributed by atoms with E-state index >= 15 is 0 Å². The second-order valence-electron chi connectivity index (χ2n) is 5.48. The van der Waals surface area contributed by atoms with Crippen molar-refractivity contribution < 1.29 is 14.1 Å². The number of non-ortho nitro benzene ring substituents is 1. The highest BCUT2D eigenvalue weighted by atomic mass is 79.9. The second kappa shape index (κ2) is 8.31. The topological polar surface area (TPSA) is 111 Å². The number of carbonyl (C=O) groups is 1. The number of amides is 1. The van der Waals surface area contributed by atoms with Crippen LogP contribution in [0, 0.1) is 17.0 Å². The lowest BCUT2D eigenvalue weighted by atomic mass is 10.2. The third-order valence-corrected chi connectivity index (χ3v) is 5.21. The Morgan fingerprint density at radius 2 is 2.00 bits per heavy atom. The largest absolute Gasteiger partial charge is 0.411 e. The third-order valence-electron chi connectivity index (χ3n) is 3.50. The van der Waals surface area contributed by atoms with E-state index in [4.69, 9.17) is 4.42 Å². The van der Waals surface area contributed by atoms with Crippen LogP contribution in [0.4, 0.5) is 11.4 Å². The molecular formula is C17H13BrN4O4S. The summed E-state index contributed by atoms with van der Waals surface area (Å²) in [6.45, 7) is 1.94. The van der Waals surface area contributed by atoms with Crippen molar-refractivity contribution in [2.45, 2.75) is 12.1 Å². The highest BCUT2D eigenvalue weighted by molar-refractivity contribution is 9.10. The standard InChI is InChI=1S/C17H13BrN4O4S/c1-10-8-12(4-7-14(10)18)19-15(23)9-27-17-21-20-16(26-17)11-2-5-13(6-3-11)22(24)25/h2-8H,9H2,1H3,(H,19,23). The molecule has 2 aromatic carbocycles. The predicted molar refractivity (Wildman–Crippen MR) is 105 cm³/mol. The van der Waals surface area contributed by atoms with Gasteiger partial charge in [0.15, 0.2) is 0 Å². The average Bonchev–Trinajstić information content (AvgIpc) is 3.12. The Hall–Kier alpha value is -2.72. The molecule has 8 nitrogen and oxygen atoms in total. The van der Waals surface area contributed by atoms with Crippen LogP contribution in [-0.4, -0.2) is 26.8 Å². The number of aromatic nitrogens is 2. The molecule has 0 fully saturated rings. The fraction of sp³-hybridized carbons (Fsp3) is 0.118. The van der Waals surface area contributed by atoms with Crippen LogP contribution >= 0.6 is 27.7 Å². The molecule has 3 aromatic rings. The van der Waals surface area contributed by atoms with Crippen LogP contribution in [0.5, 0.6) is 0 Å². The maximum Gasteiger partial charge on any atom is 0.277 e. The summed E-state index contributed by atoms with van der Waals surface area (Å²) < 4.78 is 6.46. The van der Waals surface area contributed by atoms with Crippen LogP contribution in [0.15, 0.2) is 56.6 Å². The van der Waals surface area contributed by atoms with E-state index in [0.717, 1.165) is 21.8 Å². The number of halogens is 1. The molecule has 0 aliphatic rings. The molecule has 1 amide bonds. The Balaban J connectivity index is 1.58. The highest BCUT2D eigenvalue weighted by Crippen LogP contribution is 2.25. The van der Waals surface area contributed by atoms with Crippen molar-refractivity contribution in [1.29, 1.82) is 0 Å². The summed E-state index contributed by atoms with van der Waals surface area (Å²) in [5.41, 5.74) is 2.27. The Morgan fingerprint density at radius 1 is 1.26 bits per heavy atom. The van der Waals surface area contributed by atoms with Crippen LogP contribution in [0.3, 0.4) is 0 Å². The van der Waals surface area contributed by atoms with Crippen LogP contribution in [0.2, 0.25) is 0 Å². The molecule has 0 aliphatic carbocycles. The number of carbonyl (C=O) groups excluding carboxylic acids is 1. The summed E-state index contributed by atoms with van der Waals surface area (Å²) in [6.07, 6.45) is 0. The first kappa shape index (κ1) is 19.1. The first-order valence-electron chi connectivity index (χ1n) is 7.69. The van der Waals surface area contributed by atoms with Gasteiger partial charge >= 0.3 is 0 Å². The van der Waals surface area contributed by atoms with E-state index in [1.54, 1.807) is 6.07 Å². The number of anilines is 1. The van der Waals surface area contributed by atoms with Crippen LogP contribution < -0.4 is 5.32 Å². The molecule has 0 aliphatic heterocycles. The average molecular weight is 449 g/mol. The number of benzene rings is 2. The van der Waals surface area contributed by atoms with Crippen molar-refractivity contribution in [3.63, 3.8) is 0 Å². The number of thioether (sulfide) groups is 1. The summed E-state index contributed by atoms with van der Waals surface area (Å²) in [5, 5.41) is 21.5. The number of hydrogen-bond acceptors (Lipinski definition) is 7. The maximum absolute atomic E-state index is 12.1. The number of hydrogen-bond donors (Lipinski definition) is 1. The molecule has 0 spiro atoms. The Labute approximate surface area is 166 Å². The lowest BCUT2D eigenvalue weighted by Gasteiger charge is -2.06.